The maximum atomic E-state index is 10.4. The highest BCUT2D eigenvalue weighted by Gasteiger charge is 2.18. The molecule has 0 aromatic rings. The van der Waals surface area contributed by atoms with Gasteiger partial charge in [-0.1, -0.05) is 13.0 Å². The molecule has 0 spiro atoms. The van der Waals surface area contributed by atoms with Gasteiger partial charge in [0.1, 0.15) is 6.10 Å². The normalized spacial score (nSPS) is 24.9. The zero-order valence-electron chi connectivity index (χ0n) is 5.96. The first-order valence-corrected chi connectivity index (χ1v) is 3.44. The van der Waals surface area contributed by atoms with Crippen LogP contribution in [-0.2, 0) is 4.74 Å². The Morgan fingerprint density at radius 2 is 2.70 bits per heavy atom. The van der Waals surface area contributed by atoms with Gasteiger partial charge in [-0.15, -0.1) is 0 Å². The maximum Gasteiger partial charge on any atom is 0.407 e. The van der Waals surface area contributed by atoms with Crippen molar-refractivity contribution in [2.24, 2.45) is 0 Å². The molecular weight excluding hydrogens is 130 g/mol. The van der Waals surface area contributed by atoms with Crippen molar-refractivity contribution in [3.8, 4) is 0 Å². The van der Waals surface area contributed by atoms with Crippen LogP contribution in [0.2, 0.25) is 0 Å². The molecular formula is C7H11NO2. The van der Waals surface area contributed by atoms with Crippen LogP contribution >= 0.6 is 0 Å². The quantitative estimate of drug-likeness (QED) is 0.584. The molecule has 0 aromatic carbocycles. The Bertz CT molecular complexity index is 154. The number of alkyl carbamates (subject to hydrolysis) is 1. The molecule has 1 aliphatic heterocycles. The van der Waals surface area contributed by atoms with Crippen molar-refractivity contribution >= 4 is 6.09 Å². The second-order valence-corrected chi connectivity index (χ2v) is 2.16. The minimum atomic E-state index is -0.314. The number of carbonyl (C=O) groups is 1. The molecule has 0 aromatic heterocycles. The number of carbonyl (C=O) groups excluding carboxylic acids is 1. The molecule has 1 N–H and O–H groups in total. The van der Waals surface area contributed by atoms with Crippen LogP contribution in [-0.4, -0.2) is 18.7 Å². The highest BCUT2D eigenvalue weighted by molar-refractivity contribution is 5.69. The van der Waals surface area contributed by atoms with Gasteiger partial charge in [0.25, 0.3) is 0 Å². The standard InChI is InChI=1S/C7H11NO2/c1-2-3-4-6-5-8-7(9)10-6/h3-4,6H,2,5H2,1H3,(H,8,9)/b4-3+. The predicted molar refractivity (Wildman–Crippen MR) is 37.7 cm³/mol. The van der Waals surface area contributed by atoms with Gasteiger partial charge in [-0.25, -0.2) is 4.79 Å². The van der Waals surface area contributed by atoms with E-state index in [0.717, 1.165) is 6.42 Å². The van der Waals surface area contributed by atoms with Crippen molar-refractivity contribution in [3.63, 3.8) is 0 Å². The second-order valence-electron chi connectivity index (χ2n) is 2.16. The summed E-state index contributed by atoms with van der Waals surface area (Å²) in [5.41, 5.74) is 0. The van der Waals surface area contributed by atoms with Crippen molar-refractivity contribution in [3.05, 3.63) is 12.2 Å². The van der Waals surface area contributed by atoms with Crippen molar-refractivity contribution < 1.29 is 9.53 Å². The summed E-state index contributed by atoms with van der Waals surface area (Å²) in [7, 11) is 0. The number of amides is 1. The van der Waals surface area contributed by atoms with Gasteiger partial charge in [-0.05, 0) is 12.5 Å². The number of cyclic esters (lactones) is 1. The van der Waals surface area contributed by atoms with Crippen molar-refractivity contribution in [2.75, 3.05) is 6.54 Å². The van der Waals surface area contributed by atoms with Gasteiger partial charge >= 0.3 is 6.09 Å². The fourth-order valence-corrected chi connectivity index (χ4v) is 0.800. The number of nitrogens with one attached hydrogen (secondary N) is 1. The van der Waals surface area contributed by atoms with Crippen molar-refractivity contribution in [2.45, 2.75) is 19.4 Å². The molecule has 0 bridgehead atoms. The van der Waals surface area contributed by atoms with Gasteiger partial charge in [0.2, 0.25) is 0 Å². The third kappa shape index (κ3) is 1.76. The lowest BCUT2D eigenvalue weighted by Crippen LogP contribution is -2.13. The van der Waals surface area contributed by atoms with Crippen LogP contribution in [0.5, 0.6) is 0 Å². The Morgan fingerprint density at radius 1 is 1.90 bits per heavy atom. The van der Waals surface area contributed by atoms with E-state index in [9.17, 15) is 4.79 Å². The first kappa shape index (κ1) is 7.12. The van der Waals surface area contributed by atoms with Crippen LogP contribution in [0, 0.1) is 0 Å². The topological polar surface area (TPSA) is 38.3 Å². The molecule has 1 atom stereocenters. The van der Waals surface area contributed by atoms with Gasteiger partial charge in [0.15, 0.2) is 0 Å². The third-order valence-electron chi connectivity index (χ3n) is 1.29. The van der Waals surface area contributed by atoms with E-state index in [0.29, 0.717) is 6.54 Å². The summed E-state index contributed by atoms with van der Waals surface area (Å²) < 4.78 is 4.83. The Labute approximate surface area is 60.1 Å². The maximum absolute atomic E-state index is 10.4. The molecule has 0 saturated carbocycles. The lowest BCUT2D eigenvalue weighted by Gasteiger charge is -1.97. The molecule has 1 rings (SSSR count). The summed E-state index contributed by atoms with van der Waals surface area (Å²) in [6, 6.07) is 0. The molecule has 1 heterocycles. The van der Waals surface area contributed by atoms with Crippen LogP contribution in [0.4, 0.5) is 4.79 Å². The molecule has 56 valence electrons. The number of hydrogen-bond acceptors (Lipinski definition) is 2. The van der Waals surface area contributed by atoms with Crippen LogP contribution in [0.3, 0.4) is 0 Å². The first-order valence-electron chi connectivity index (χ1n) is 3.44. The molecule has 3 heteroatoms. The summed E-state index contributed by atoms with van der Waals surface area (Å²) in [5.74, 6) is 0. The number of allylic oxidation sites excluding steroid dienone is 1. The molecule has 1 aliphatic rings. The molecule has 1 unspecified atom stereocenters. The molecule has 1 fully saturated rings. The average molecular weight is 141 g/mol. The van der Waals surface area contributed by atoms with Gasteiger partial charge in [0, 0.05) is 0 Å². The summed E-state index contributed by atoms with van der Waals surface area (Å²) in [6.45, 7) is 2.65. The zero-order valence-corrected chi connectivity index (χ0v) is 5.96. The van der Waals surface area contributed by atoms with E-state index in [4.69, 9.17) is 4.74 Å². The second kappa shape index (κ2) is 3.25. The third-order valence-corrected chi connectivity index (χ3v) is 1.29. The minimum Gasteiger partial charge on any atom is -0.440 e. The summed E-state index contributed by atoms with van der Waals surface area (Å²) in [5, 5.41) is 2.57. The molecule has 0 radical (unpaired) electrons. The summed E-state index contributed by atoms with van der Waals surface area (Å²) in [6.07, 6.45) is 4.51. The Morgan fingerprint density at radius 3 is 3.20 bits per heavy atom. The molecule has 10 heavy (non-hydrogen) atoms. The smallest absolute Gasteiger partial charge is 0.407 e. The van der Waals surface area contributed by atoms with Crippen molar-refractivity contribution in [1.29, 1.82) is 0 Å². The monoisotopic (exact) mass is 141 g/mol. The van der Waals surface area contributed by atoms with Gasteiger partial charge in [0.05, 0.1) is 6.54 Å². The largest absolute Gasteiger partial charge is 0.440 e. The minimum absolute atomic E-state index is 0.0487. The van der Waals surface area contributed by atoms with Gasteiger partial charge in [-0.2, -0.15) is 0 Å². The van der Waals surface area contributed by atoms with E-state index in [2.05, 4.69) is 5.32 Å². The summed E-state index contributed by atoms with van der Waals surface area (Å²) in [4.78, 5) is 10.4. The average Bonchev–Trinajstić information content (AvgIpc) is 2.31. The fraction of sp³-hybridized carbons (Fsp3) is 0.571. The highest BCUT2D eigenvalue weighted by Crippen LogP contribution is 2.01. The van der Waals surface area contributed by atoms with Gasteiger partial charge in [-0.3, -0.25) is 0 Å². The fourth-order valence-electron chi connectivity index (χ4n) is 0.800. The number of rotatable bonds is 2. The number of ether oxygens (including phenoxy) is 1. The van der Waals surface area contributed by atoms with E-state index in [1.54, 1.807) is 0 Å². The van der Waals surface area contributed by atoms with Crippen molar-refractivity contribution in [1.82, 2.24) is 5.32 Å². The highest BCUT2D eigenvalue weighted by atomic mass is 16.6. The van der Waals surface area contributed by atoms with Crippen LogP contribution in [0.1, 0.15) is 13.3 Å². The first-order chi connectivity index (χ1) is 4.83. The SMILES string of the molecule is CC/C=C/C1CNC(=O)O1. The Hall–Kier alpha value is -0.990. The molecule has 1 saturated heterocycles. The Kier molecular flexibility index (Phi) is 2.31. The number of hydrogen-bond donors (Lipinski definition) is 1. The van der Waals surface area contributed by atoms with E-state index < -0.39 is 0 Å². The zero-order chi connectivity index (χ0) is 7.40. The van der Waals surface area contributed by atoms with Crippen LogP contribution < -0.4 is 5.32 Å². The molecule has 3 nitrogen and oxygen atoms in total. The van der Waals surface area contributed by atoms with Crippen LogP contribution in [0.25, 0.3) is 0 Å². The lowest BCUT2D eigenvalue weighted by atomic mass is 10.3. The van der Waals surface area contributed by atoms with Crippen LogP contribution in [0.15, 0.2) is 12.2 Å². The van der Waals surface area contributed by atoms with E-state index in [1.807, 2.05) is 19.1 Å². The summed E-state index contributed by atoms with van der Waals surface area (Å²) >= 11 is 0. The molecule has 0 aliphatic carbocycles. The predicted octanol–water partition coefficient (Wildman–Crippen LogP) is 1.06. The lowest BCUT2D eigenvalue weighted by molar-refractivity contribution is 0.158. The van der Waals surface area contributed by atoms with Gasteiger partial charge < -0.3 is 10.1 Å². The van der Waals surface area contributed by atoms with E-state index in [-0.39, 0.29) is 12.2 Å². The Balaban J connectivity index is 2.31. The molecule has 1 amide bonds. The van der Waals surface area contributed by atoms with E-state index >= 15 is 0 Å². The van der Waals surface area contributed by atoms with E-state index in [1.165, 1.54) is 0 Å².